The van der Waals surface area contributed by atoms with Crippen molar-refractivity contribution >= 4 is 43.6 Å². The average Bonchev–Trinajstić information content (AvgIpc) is 3.67. The summed E-state index contributed by atoms with van der Waals surface area (Å²) in [5.41, 5.74) is 11.4. The zero-order chi connectivity index (χ0) is 32.2. The summed E-state index contributed by atoms with van der Waals surface area (Å²) < 4.78 is 4.50. The Kier molecular flexibility index (Phi) is 6.22. The fraction of sp³-hybridized carbons (Fsp3) is 0. The van der Waals surface area contributed by atoms with Crippen LogP contribution in [0, 0.1) is 22.7 Å². The number of hydrogen-bond acceptors (Lipinski definition) is 2. The summed E-state index contributed by atoms with van der Waals surface area (Å²) >= 11 is 0. The highest BCUT2D eigenvalue weighted by molar-refractivity contribution is 6.10. The van der Waals surface area contributed by atoms with Gasteiger partial charge in [0.25, 0.3) is 0 Å². The molecule has 0 aliphatic carbocycles. The standard InChI is InChI=1S/C44H26N4/c45-27-29-17-23-35(44(25-29)48-42-15-7-3-11-38(42)39-12-4-8-16-43(39)48)31-20-18-30(19-21-31)34-24-22-33(26-32(34)28-46)47-40-13-5-1-9-36(40)37-10-2-6-14-41(37)47/h1-26H. The first kappa shape index (κ1) is 27.4. The summed E-state index contributed by atoms with van der Waals surface area (Å²) in [5, 5.41) is 24.9. The molecule has 0 aliphatic rings. The van der Waals surface area contributed by atoms with Crippen LogP contribution >= 0.6 is 0 Å². The topological polar surface area (TPSA) is 57.4 Å². The second-order valence-corrected chi connectivity index (χ2v) is 12.0. The van der Waals surface area contributed by atoms with E-state index in [0.717, 1.165) is 55.7 Å². The minimum absolute atomic E-state index is 0.606. The molecule has 2 heterocycles. The highest BCUT2D eigenvalue weighted by atomic mass is 15.0. The maximum Gasteiger partial charge on any atom is 0.0998 e. The van der Waals surface area contributed by atoms with Crippen molar-refractivity contribution in [3.05, 3.63) is 169 Å². The molecule has 0 N–H and O–H groups in total. The zero-order valence-corrected chi connectivity index (χ0v) is 25.8. The Balaban J connectivity index is 1.16. The van der Waals surface area contributed by atoms with Gasteiger partial charge in [-0.1, -0.05) is 109 Å². The highest BCUT2D eigenvalue weighted by Crippen LogP contribution is 2.38. The van der Waals surface area contributed by atoms with E-state index in [0.29, 0.717) is 11.1 Å². The Morgan fingerprint density at radius 1 is 0.396 bits per heavy atom. The Bertz CT molecular complexity index is 2690. The van der Waals surface area contributed by atoms with Crippen molar-refractivity contribution in [2.75, 3.05) is 0 Å². The molecule has 0 fully saturated rings. The number of benzene rings is 7. The number of para-hydroxylation sites is 4. The maximum absolute atomic E-state index is 10.3. The second-order valence-electron chi connectivity index (χ2n) is 12.0. The normalized spacial score (nSPS) is 11.3. The molecule has 2 aromatic heterocycles. The van der Waals surface area contributed by atoms with E-state index in [1.165, 1.54) is 21.5 Å². The first-order chi connectivity index (χ1) is 23.7. The molecular weight excluding hydrogens is 585 g/mol. The van der Waals surface area contributed by atoms with Gasteiger partial charge in [0, 0.05) is 32.8 Å². The second kappa shape index (κ2) is 10.9. The van der Waals surface area contributed by atoms with Gasteiger partial charge < -0.3 is 9.13 Å². The number of nitriles is 2. The van der Waals surface area contributed by atoms with Crippen LogP contribution < -0.4 is 0 Å². The van der Waals surface area contributed by atoms with Gasteiger partial charge in [-0.15, -0.1) is 0 Å². The summed E-state index contributed by atoms with van der Waals surface area (Å²) in [6.07, 6.45) is 0. The lowest BCUT2D eigenvalue weighted by molar-refractivity contribution is 1.18. The molecule has 0 spiro atoms. The minimum Gasteiger partial charge on any atom is -0.309 e. The van der Waals surface area contributed by atoms with Crippen LogP contribution in [0.25, 0.3) is 77.2 Å². The molecule has 0 atom stereocenters. The Morgan fingerprint density at radius 3 is 1.35 bits per heavy atom. The highest BCUT2D eigenvalue weighted by Gasteiger charge is 2.17. The Labute approximate surface area is 277 Å². The maximum atomic E-state index is 10.3. The van der Waals surface area contributed by atoms with Crippen molar-refractivity contribution in [3.63, 3.8) is 0 Å². The lowest BCUT2D eigenvalue weighted by Gasteiger charge is -2.15. The molecule has 7 aromatic carbocycles. The molecule has 0 amide bonds. The van der Waals surface area contributed by atoms with E-state index in [1.54, 1.807) is 0 Å². The van der Waals surface area contributed by atoms with Gasteiger partial charge in [0.15, 0.2) is 0 Å². The summed E-state index contributed by atoms with van der Waals surface area (Å²) in [4.78, 5) is 0. The summed E-state index contributed by atoms with van der Waals surface area (Å²) in [6.45, 7) is 0. The molecule has 0 saturated heterocycles. The number of rotatable bonds is 4. The molecule has 9 aromatic rings. The van der Waals surface area contributed by atoms with Crippen molar-refractivity contribution in [3.8, 4) is 45.8 Å². The monoisotopic (exact) mass is 610 g/mol. The van der Waals surface area contributed by atoms with Crippen LogP contribution in [-0.2, 0) is 0 Å². The van der Waals surface area contributed by atoms with Crippen molar-refractivity contribution in [2.45, 2.75) is 0 Å². The third kappa shape index (κ3) is 4.14. The Morgan fingerprint density at radius 2 is 0.854 bits per heavy atom. The molecule has 0 bridgehead atoms. The largest absolute Gasteiger partial charge is 0.309 e. The number of aromatic nitrogens is 2. The van der Waals surface area contributed by atoms with Crippen LogP contribution in [0.3, 0.4) is 0 Å². The van der Waals surface area contributed by atoms with E-state index in [4.69, 9.17) is 0 Å². The summed E-state index contributed by atoms with van der Waals surface area (Å²) in [6, 6.07) is 58.8. The average molecular weight is 611 g/mol. The molecule has 0 radical (unpaired) electrons. The predicted molar refractivity (Wildman–Crippen MR) is 195 cm³/mol. The molecule has 0 aliphatic heterocycles. The van der Waals surface area contributed by atoms with Gasteiger partial charge in [-0.3, -0.25) is 0 Å². The van der Waals surface area contributed by atoms with E-state index in [-0.39, 0.29) is 0 Å². The van der Waals surface area contributed by atoms with Crippen LogP contribution in [0.4, 0.5) is 0 Å². The van der Waals surface area contributed by atoms with Gasteiger partial charge in [0.1, 0.15) is 0 Å². The first-order valence-corrected chi connectivity index (χ1v) is 15.9. The SMILES string of the molecule is N#Cc1ccc(-c2ccc(-c3ccc(-n4c5ccccc5c5ccccc54)cc3C#N)cc2)c(-n2c3ccccc3c3ccccc32)c1. The fourth-order valence-electron chi connectivity index (χ4n) is 7.26. The zero-order valence-electron chi connectivity index (χ0n) is 25.8. The van der Waals surface area contributed by atoms with E-state index in [1.807, 2.05) is 24.3 Å². The van der Waals surface area contributed by atoms with E-state index >= 15 is 0 Å². The van der Waals surface area contributed by atoms with Gasteiger partial charge in [0.05, 0.1) is 51.0 Å². The van der Waals surface area contributed by atoms with Gasteiger partial charge in [-0.2, -0.15) is 10.5 Å². The fourth-order valence-corrected chi connectivity index (χ4v) is 7.26. The third-order valence-corrected chi connectivity index (χ3v) is 9.42. The number of nitrogens with zero attached hydrogens (tertiary/aromatic N) is 4. The molecule has 0 unspecified atom stereocenters. The smallest absolute Gasteiger partial charge is 0.0998 e. The van der Waals surface area contributed by atoms with E-state index in [9.17, 15) is 10.5 Å². The van der Waals surface area contributed by atoms with Gasteiger partial charge >= 0.3 is 0 Å². The molecular formula is C44H26N4. The van der Waals surface area contributed by atoms with Crippen LogP contribution in [0.15, 0.2) is 158 Å². The van der Waals surface area contributed by atoms with Gasteiger partial charge in [-0.05, 0) is 65.2 Å². The molecule has 48 heavy (non-hydrogen) atoms. The lowest BCUT2D eigenvalue weighted by Crippen LogP contribution is -1.98. The van der Waals surface area contributed by atoms with Crippen molar-refractivity contribution < 1.29 is 0 Å². The number of hydrogen-bond donors (Lipinski definition) is 0. The molecule has 9 rings (SSSR count). The predicted octanol–water partition coefficient (Wildman–Crippen LogP) is 11.0. The van der Waals surface area contributed by atoms with E-state index in [2.05, 4.69) is 155 Å². The molecule has 4 heteroatoms. The van der Waals surface area contributed by atoms with Gasteiger partial charge in [-0.25, -0.2) is 0 Å². The van der Waals surface area contributed by atoms with Crippen molar-refractivity contribution in [1.29, 1.82) is 10.5 Å². The van der Waals surface area contributed by atoms with Crippen molar-refractivity contribution in [1.82, 2.24) is 9.13 Å². The summed E-state index contributed by atoms with van der Waals surface area (Å²) in [7, 11) is 0. The molecule has 4 nitrogen and oxygen atoms in total. The van der Waals surface area contributed by atoms with Crippen molar-refractivity contribution in [2.24, 2.45) is 0 Å². The van der Waals surface area contributed by atoms with Crippen LogP contribution in [-0.4, -0.2) is 9.13 Å². The quantitative estimate of drug-likeness (QED) is 0.199. The summed E-state index contributed by atoms with van der Waals surface area (Å²) in [5.74, 6) is 0. The third-order valence-electron chi connectivity index (χ3n) is 9.42. The van der Waals surface area contributed by atoms with E-state index < -0.39 is 0 Å². The lowest BCUT2D eigenvalue weighted by atomic mass is 9.95. The first-order valence-electron chi connectivity index (χ1n) is 15.9. The molecule has 0 saturated carbocycles. The minimum atomic E-state index is 0.606. The van der Waals surface area contributed by atoms with Crippen LogP contribution in [0.1, 0.15) is 11.1 Å². The Hall–Kier alpha value is -6.88. The van der Waals surface area contributed by atoms with Crippen LogP contribution in [0.5, 0.6) is 0 Å². The molecule has 222 valence electrons. The van der Waals surface area contributed by atoms with Gasteiger partial charge in [0.2, 0.25) is 0 Å². The van der Waals surface area contributed by atoms with Crippen LogP contribution in [0.2, 0.25) is 0 Å². The number of fused-ring (bicyclic) bond motifs is 6.